The molecule has 0 amide bonds. The molecule has 1 rings (SSSR count). The number of aliphatic hydroxyl groups excluding tert-OH is 1. The summed E-state index contributed by atoms with van der Waals surface area (Å²) in [6.07, 6.45) is 1.49. The Balaban J connectivity index is 0.00000169. The second-order valence-electron chi connectivity index (χ2n) is 2.77. The number of hydrogen-bond donors (Lipinski definition) is 1. The quantitative estimate of drug-likeness (QED) is 0.392. The number of aromatic nitrogens is 2. The summed E-state index contributed by atoms with van der Waals surface area (Å²) in [5.41, 5.74) is 0. The molecule has 6 nitrogen and oxygen atoms in total. The molecule has 0 bridgehead atoms. The minimum Gasteiger partial charge on any atom is -0.561 e. The van der Waals surface area contributed by atoms with Gasteiger partial charge in [-0.3, -0.25) is 0 Å². The van der Waals surface area contributed by atoms with Crippen LogP contribution in [0.15, 0.2) is 6.20 Å². The van der Waals surface area contributed by atoms with E-state index in [2.05, 4.69) is 4.98 Å². The molecule has 0 spiro atoms. The number of nitro groups is 1. The van der Waals surface area contributed by atoms with Crippen molar-refractivity contribution < 1.29 is 68.2 Å². The van der Waals surface area contributed by atoms with Crippen molar-refractivity contribution in [3.63, 3.8) is 0 Å². The van der Waals surface area contributed by atoms with E-state index in [-0.39, 0.29) is 76.7 Å². The fourth-order valence-corrected chi connectivity index (χ4v) is 0.986. The van der Waals surface area contributed by atoms with E-state index in [0.717, 1.165) is 0 Å². The Morgan fingerprint density at radius 3 is 2.71 bits per heavy atom. The predicted octanol–water partition coefficient (Wildman–Crippen LogP) is -1.97. The third-order valence-corrected chi connectivity index (χ3v) is 1.55. The first-order valence-electron chi connectivity index (χ1n) is 3.70. The first-order valence-corrected chi connectivity index (χ1v) is 3.70. The molecule has 1 aromatic rings. The topological polar surface area (TPSA) is 81.2 Å². The van der Waals surface area contributed by atoms with Crippen molar-refractivity contribution in [1.82, 2.24) is 9.55 Å². The Bertz CT molecular complexity index is 324. The SMILES string of the molecule is Cc1nc([N+](=O)[O-])cn1C[C-](C)O.[Rb+]. The first kappa shape index (κ1) is 14.4. The number of rotatable bonds is 3. The first-order chi connectivity index (χ1) is 6.00. The van der Waals surface area contributed by atoms with Crippen LogP contribution in [0.4, 0.5) is 5.82 Å². The standard InChI is InChI=1S/C7H10N3O3.Rb/c1-5(11)3-9-4-7(10(12)13)8-6(9)2;/h4,11H,3H2,1-2H3;/q-1;+1. The summed E-state index contributed by atoms with van der Waals surface area (Å²) < 4.78 is 1.52. The molecule has 0 aromatic carbocycles. The van der Waals surface area contributed by atoms with Gasteiger partial charge in [-0.25, -0.2) is 0 Å². The van der Waals surface area contributed by atoms with Gasteiger partial charge >= 0.3 is 64.0 Å². The minimum atomic E-state index is -0.559. The van der Waals surface area contributed by atoms with Crippen LogP contribution >= 0.6 is 0 Å². The fourth-order valence-electron chi connectivity index (χ4n) is 0.986. The van der Waals surface area contributed by atoms with Crippen molar-refractivity contribution in [3.8, 4) is 0 Å². The van der Waals surface area contributed by atoms with E-state index in [1.807, 2.05) is 0 Å². The van der Waals surface area contributed by atoms with Crippen molar-refractivity contribution in [1.29, 1.82) is 0 Å². The van der Waals surface area contributed by atoms with Crippen molar-refractivity contribution in [2.24, 2.45) is 0 Å². The molecule has 0 fully saturated rings. The van der Waals surface area contributed by atoms with Crippen molar-refractivity contribution in [3.05, 3.63) is 28.2 Å². The van der Waals surface area contributed by atoms with Crippen LogP contribution in [0.2, 0.25) is 0 Å². The van der Waals surface area contributed by atoms with E-state index in [1.165, 1.54) is 17.7 Å². The second-order valence-corrected chi connectivity index (χ2v) is 2.77. The van der Waals surface area contributed by atoms with Gasteiger partial charge in [0.05, 0.1) is 0 Å². The van der Waals surface area contributed by atoms with E-state index in [0.29, 0.717) is 5.82 Å². The molecule has 0 radical (unpaired) electrons. The van der Waals surface area contributed by atoms with E-state index in [4.69, 9.17) is 5.11 Å². The number of aliphatic hydroxyl groups is 1. The summed E-state index contributed by atoms with van der Waals surface area (Å²) in [6.45, 7) is 3.42. The van der Waals surface area contributed by atoms with Gasteiger partial charge in [-0.2, -0.15) is 13.0 Å². The third-order valence-electron chi connectivity index (χ3n) is 1.55. The smallest absolute Gasteiger partial charge is 0.561 e. The van der Waals surface area contributed by atoms with Crippen LogP contribution < -0.4 is 58.2 Å². The van der Waals surface area contributed by atoms with Crippen molar-refractivity contribution >= 4 is 5.82 Å². The van der Waals surface area contributed by atoms with Gasteiger partial charge in [-0.1, -0.05) is 6.54 Å². The van der Waals surface area contributed by atoms with Crippen molar-refractivity contribution in [2.45, 2.75) is 20.4 Å². The summed E-state index contributed by atoms with van der Waals surface area (Å²) in [4.78, 5) is 13.5. The molecule has 0 aliphatic heterocycles. The Morgan fingerprint density at radius 2 is 2.36 bits per heavy atom. The minimum absolute atomic E-state index is 0. The molecule has 0 atom stereocenters. The van der Waals surface area contributed by atoms with Gasteiger partial charge < -0.3 is 19.8 Å². The molecule has 72 valence electrons. The Morgan fingerprint density at radius 1 is 1.79 bits per heavy atom. The summed E-state index contributed by atoms with van der Waals surface area (Å²) >= 11 is 0. The van der Waals surface area contributed by atoms with Crippen LogP contribution in [-0.2, 0) is 6.54 Å². The number of imidazole rings is 1. The molecule has 0 saturated carbocycles. The zero-order valence-corrected chi connectivity index (χ0v) is 13.3. The van der Waals surface area contributed by atoms with Crippen LogP contribution in [0.25, 0.3) is 0 Å². The van der Waals surface area contributed by atoms with Crippen LogP contribution in [0.5, 0.6) is 0 Å². The van der Waals surface area contributed by atoms with Gasteiger partial charge in [-0.05, 0) is 9.91 Å². The summed E-state index contributed by atoms with van der Waals surface area (Å²) in [6, 6.07) is 0. The van der Waals surface area contributed by atoms with Gasteiger partial charge in [0, 0.05) is 6.92 Å². The summed E-state index contributed by atoms with van der Waals surface area (Å²) in [5, 5.41) is 19.3. The molecule has 0 unspecified atom stereocenters. The molecular weight excluding hydrogens is 260 g/mol. The van der Waals surface area contributed by atoms with E-state index < -0.39 is 4.92 Å². The molecular formula is C7H10N3O3Rb. The van der Waals surface area contributed by atoms with Crippen LogP contribution in [0, 0.1) is 23.1 Å². The van der Waals surface area contributed by atoms with E-state index in [1.54, 1.807) is 6.92 Å². The molecule has 1 N–H and O–H groups in total. The summed E-state index contributed by atoms with van der Waals surface area (Å²) in [7, 11) is 0. The van der Waals surface area contributed by atoms with Gasteiger partial charge in [-0.15, -0.1) is 0 Å². The van der Waals surface area contributed by atoms with Gasteiger partial charge in [0.15, 0.2) is 0 Å². The summed E-state index contributed by atoms with van der Waals surface area (Å²) in [5.74, 6) is 0.318. The normalized spacial score (nSPS) is 10.0. The second kappa shape index (κ2) is 6.07. The molecule has 14 heavy (non-hydrogen) atoms. The van der Waals surface area contributed by atoms with Crippen LogP contribution in [-0.4, -0.2) is 19.6 Å². The Kier molecular flexibility index (Phi) is 6.23. The van der Waals surface area contributed by atoms with Crippen LogP contribution in [0.3, 0.4) is 0 Å². The molecule has 0 aliphatic rings. The maximum atomic E-state index is 10.3. The molecule has 1 heterocycles. The number of aryl methyl sites for hydroxylation is 1. The van der Waals surface area contributed by atoms with Gasteiger partial charge in [0.2, 0.25) is 5.82 Å². The average molecular weight is 270 g/mol. The fraction of sp³-hybridized carbons (Fsp3) is 0.429. The number of nitrogens with zero attached hydrogens (tertiary/aromatic N) is 3. The molecule has 1 aromatic heterocycles. The predicted molar refractivity (Wildman–Crippen MR) is 44.5 cm³/mol. The van der Waals surface area contributed by atoms with Crippen LogP contribution in [0.1, 0.15) is 12.7 Å². The Labute approximate surface area is 130 Å². The monoisotopic (exact) mass is 269 g/mol. The molecule has 0 saturated heterocycles. The largest absolute Gasteiger partial charge is 1.00 e. The van der Waals surface area contributed by atoms with Crippen molar-refractivity contribution in [2.75, 3.05) is 0 Å². The molecule has 0 aliphatic carbocycles. The van der Waals surface area contributed by atoms with Gasteiger partial charge in [0.25, 0.3) is 0 Å². The molecule has 7 heteroatoms. The average Bonchev–Trinajstić information content (AvgIpc) is 2.31. The van der Waals surface area contributed by atoms with E-state index in [9.17, 15) is 10.1 Å². The van der Waals surface area contributed by atoms with Gasteiger partial charge in [0.1, 0.15) is 6.20 Å². The third kappa shape index (κ3) is 3.86. The maximum absolute atomic E-state index is 10.3. The zero-order valence-electron chi connectivity index (χ0n) is 8.39. The van der Waals surface area contributed by atoms with E-state index >= 15 is 0 Å². The maximum Gasteiger partial charge on any atom is 1.00 e. The zero-order chi connectivity index (χ0) is 10.0. The Hall–Kier alpha value is 0.375. The number of hydrogen-bond acceptors (Lipinski definition) is 4.